The Morgan fingerprint density at radius 2 is 1.47 bits per heavy atom. The Kier molecular flexibility index (Phi) is 2.81. The molecule has 0 aromatic rings. The van der Waals surface area contributed by atoms with E-state index in [1.54, 1.807) is 6.42 Å². The summed E-state index contributed by atoms with van der Waals surface area (Å²) >= 11 is 0. The first-order chi connectivity index (χ1) is 7.95. The molecule has 0 spiro atoms. The van der Waals surface area contributed by atoms with Gasteiger partial charge in [0, 0.05) is 5.54 Å². The van der Waals surface area contributed by atoms with Crippen LogP contribution in [0.4, 0.5) is 0 Å². The van der Waals surface area contributed by atoms with Gasteiger partial charge in [-0.1, -0.05) is 13.8 Å². The van der Waals surface area contributed by atoms with Gasteiger partial charge in [0.2, 0.25) is 0 Å². The lowest BCUT2D eigenvalue weighted by Gasteiger charge is -2.59. The van der Waals surface area contributed by atoms with Gasteiger partial charge in [-0.05, 0) is 81.0 Å². The zero-order valence-corrected chi connectivity index (χ0v) is 11.8. The van der Waals surface area contributed by atoms with E-state index in [0.29, 0.717) is 0 Å². The van der Waals surface area contributed by atoms with Gasteiger partial charge in [0.05, 0.1) is 0 Å². The third-order valence-corrected chi connectivity index (χ3v) is 5.84. The molecule has 4 rings (SSSR count). The van der Waals surface area contributed by atoms with Crippen LogP contribution in [0.3, 0.4) is 0 Å². The van der Waals surface area contributed by atoms with Crippen molar-refractivity contribution in [2.24, 2.45) is 41.2 Å². The fourth-order valence-corrected chi connectivity index (χ4v) is 6.02. The first kappa shape index (κ1) is 12.0. The molecule has 4 bridgehead atoms. The Balaban J connectivity index is 1.79. The third kappa shape index (κ3) is 2.05. The van der Waals surface area contributed by atoms with Crippen molar-refractivity contribution in [3.63, 3.8) is 0 Å². The van der Waals surface area contributed by atoms with Crippen LogP contribution in [0.2, 0.25) is 0 Å². The lowest BCUT2D eigenvalue weighted by Crippen LogP contribution is -2.58. The molecule has 4 aliphatic rings. The summed E-state index contributed by atoms with van der Waals surface area (Å²) in [5, 5.41) is 0. The van der Waals surface area contributed by atoms with Crippen molar-refractivity contribution in [2.45, 2.75) is 64.8 Å². The minimum absolute atomic E-state index is 0.0940. The normalized spacial score (nSPS) is 47.5. The van der Waals surface area contributed by atoms with E-state index in [-0.39, 0.29) is 5.54 Å². The van der Waals surface area contributed by atoms with Crippen molar-refractivity contribution in [2.75, 3.05) is 0 Å². The maximum absolute atomic E-state index is 6.74. The molecule has 0 heterocycles. The molecule has 0 aromatic carbocycles. The minimum Gasteiger partial charge on any atom is -0.325 e. The highest BCUT2D eigenvalue weighted by atomic mass is 14.8. The molecule has 1 nitrogen and oxygen atoms in total. The Morgan fingerprint density at radius 1 is 1.00 bits per heavy atom. The molecule has 98 valence electrons. The molecule has 2 N–H and O–H groups in total. The van der Waals surface area contributed by atoms with E-state index in [1.807, 2.05) is 0 Å². The lowest BCUT2D eigenvalue weighted by atomic mass is 9.48. The standard InChI is InChI=1S/C16H29N/c1-10(2)9-16(3,17)15-13-5-11-4-12(7-13)8-14(15)6-11/h10-15H,4-9,17H2,1-3H3. The molecule has 0 saturated heterocycles. The van der Waals surface area contributed by atoms with Crippen LogP contribution in [0.25, 0.3) is 0 Å². The molecule has 4 saturated carbocycles. The predicted molar refractivity (Wildman–Crippen MR) is 72.6 cm³/mol. The van der Waals surface area contributed by atoms with Gasteiger partial charge in [-0.15, -0.1) is 0 Å². The second-order valence-electron chi connectivity index (χ2n) is 8.06. The van der Waals surface area contributed by atoms with Crippen LogP contribution in [-0.2, 0) is 0 Å². The zero-order valence-electron chi connectivity index (χ0n) is 11.8. The number of nitrogens with two attached hydrogens (primary N) is 1. The van der Waals surface area contributed by atoms with Crippen molar-refractivity contribution in [1.82, 2.24) is 0 Å². The van der Waals surface area contributed by atoms with Gasteiger partial charge in [0.15, 0.2) is 0 Å². The lowest BCUT2D eigenvalue weighted by molar-refractivity contribution is -0.0697. The molecule has 4 fully saturated rings. The van der Waals surface area contributed by atoms with E-state index < -0.39 is 0 Å². The highest BCUT2D eigenvalue weighted by Crippen LogP contribution is 2.59. The van der Waals surface area contributed by atoms with Crippen molar-refractivity contribution in [3.05, 3.63) is 0 Å². The molecule has 17 heavy (non-hydrogen) atoms. The molecule has 4 aliphatic carbocycles. The van der Waals surface area contributed by atoms with Crippen molar-refractivity contribution in [3.8, 4) is 0 Å². The highest BCUT2D eigenvalue weighted by molar-refractivity contribution is 5.05. The summed E-state index contributed by atoms with van der Waals surface area (Å²) in [6, 6.07) is 0. The maximum atomic E-state index is 6.74. The quantitative estimate of drug-likeness (QED) is 0.790. The smallest absolute Gasteiger partial charge is 0.0162 e. The maximum Gasteiger partial charge on any atom is 0.0162 e. The topological polar surface area (TPSA) is 26.0 Å². The highest BCUT2D eigenvalue weighted by Gasteiger charge is 2.52. The molecule has 0 aliphatic heterocycles. The van der Waals surface area contributed by atoms with Gasteiger partial charge in [-0.3, -0.25) is 0 Å². The number of hydrogen-bond acceptors (Lipinski definition) is 1. The zero-order chi connectivity index (χ0) is 12.2. The van der Waals surface area contributed by atoms with Gasteiger partial charge < -0.3 is 5.73 Å². The van der Waals surface area contributed by atoms with E-state index in [9.17, 15) is 0 Å². The largest absolute Gasteiger partial charge is 0.325 e. The van der Waals surface area contributed by atoms with Crippen LogP contribution in [0, 0.1) is 35.5 Å². The van der Waals surface area contributed by atoms with Crippen LogP contribution in [0.5, 0.6) is 0 Å². The molecule has 0 amide bonds. The van der Waals surface area contributed by atoms with E-state index in [1.165, 1.54) is 32.1 Å². The summed E-state index contributed by atoms with van der Waals surface area (Å²) in [6.07, 6.45) is 8.77. The van der Waals surface area contributed by atoms with Crippen molar-refractivity contribution >= 4 is 0 Å². The molecule has 0 radical (unpaired) electrons. The Hall–Kier alpha value is -0.0400. The van der Waals surface area contributed by atoms with Gasteiger partial charge in [-0.25, -0.2) is 0 Å². The molecule has 1 unspecified atom stereocenters. The Labute approximate surface area is 107 Å². The molecular formula is C16H29N. The van der Waals surface area contributed by atoms with E-state index >= 15 is 0 Å². The fourth-order valence-electron chi connectivity index (χ4n) is 6.02. The molecule has 1 atom stereocenters. The van der Waals surface area contributed by atoms with Gasteiger partial charge in [-0.2, -0.15) is 0 Å². The summed E-state index contributed by atoms with van der Waals surface area (Å²) in [4.78, 5) is 0. The van der Waals surface area contributed by atoms with Gasteiger partial charge in [0.1, 0.15) is 0 Å². The van der Waals surface area contributed by atoms with Gasteiger partial charge >= 0.3 is 0 Å². The predicted octanol–water partition coefficient (Wildman–Crippen LogP) is 3.82. The summed E-state index contributed by atoms with van der Waals surface area (Å²) in [7, 11) is 0. The average molecular weight is 235 g/mol. The van der Waals surface area contributed by atoms with E-state index in [4.69, 9.17) is 5.73 Å². The molecule has 1 heteroatoms. The number of hydrogen-bond donors (Lipinski definition) is 1. The van der Waals surface area contributed by atoms with E-state index in [2.05, 4.69) is 20.8 Å². The van der Waals surface area contributed by atoms with Crippen molar-refractivity contribution < 1.29 is 0 Å². The van der Waals surface area contributed by atoms with E-state index in [0.717, 1.165) is 35.5 Å². The van der Waals surface area contributed by atoms with Crippen LogP contribution in [0.15, 0.2) is 0 Å². The summed E-state index contributed by atoms with van der Waals surface area (Å²) < 4.78 is 0. The molecular weight excluding hydrogens is 206 g/mol. The summed E-state index contributed by atoms with van der Waals surface area (Å²) in [5.74, 6) is 5.66. The Morgan fingerprint density at radius 3 is 1.88 bits per heavy atom. The Bertz CT molecular complexity index is 264. The van der Waals surface area contributed by atoms with Crippen LogP contribution < -0.4 is 5.73 Å². The fraction of sp³-hybridized carbons (Fsp3) is 1.00. The van der Waals surface area contributed by atoms with Crippen molar-refractivity contribution in [1.29, 1.82) is 0 Å². The van der Waals surface area contributed by atoms with Crippen LogP contribution in [-0.4, -0.2) is 5.54 Å². The SMILES string of the molecule is CC(C)CC(C)(N)C1C2CC3CC(C2)CC1C3. The first-order valence-corrected chi connectivity index (χ1v) is 7.74. The van der Waals surface area contributed by atoms with Gasteiger partial charge in [0.25, 0.3) is 0 Å². The minimum atomic E-state index is 0.0940. The average Bonchev–Trinajstić information content (AvgIpc) is 2.11. The summed E-state index contributed by atoms with van der Waals surface area (Å²) in [5.41, 5.74) is 6.84. The molecule has 0 aromatic heterocycles. The van der Waals surface area contributed by atoms with Crippen LogP contribution >= 0.6 is 0 Å². The third-order valence-electron chi connectivity index (χ3n) is 5.84. The summed E-state index contributed by atoms with van der Waals surface area (Å²) in [6.45, 7) is 6.99. The second kappa shape index (κ2) is 3.98. The number of rotatable bonds is 3. The van der Waals surface area contributed by atoms with Crippen LogP contribution in [0.1, 0.15) is 59.3 Å². The first-order valence-electron chi connectivity index (χ1n) is 7.74. The monoisotopic (exact) mass is 235 g/mol. The second-order valence-corrected chi connectivity index (χ2v) is 8.06.